The molecule has 1 fully saturated rings. The summed E-state index contributed by atoms with van der Waals surface area (Å²) in [4.78, 5) is 50.3. The standard InChI is InChI=1S/C27H19Cl4N3O6/c1-40-17-9-5-8-15(21(17)35)18-14-10-11-32-24(38)33(13-6-3-2-4-7-13)25(39)34(32)16(14)12-26(30)22(36)19(28)20(29)23(37)27(18,26)31/h2-10,16,18,35H,11-12H2,1H3. The Hall–Kier alpha value is -3.24. The summed E-state index contributed by atoms with van der Waals surface area (Å²) in [6.45, 7) is -0.0598. The zero-order valence-electron chi connectivity index (χ0n) is 20.6. The van der Waals surface area contributed by atoms with Crippen molar-refractivity contribution in [2.24, 2.45) is 0 Å². The lowest BCUT2D eigenvalue weighted by atomic mass is 9.59. The van der Waals surface area contributed by atoms with E-state index < -0.39 is 54.7 Å². The number of methoxy groups -OCH3 is 1. The van der Waals surface area contributed by atoms with Gasteiger partial charge in [0.1, 0.15) is 19.8 Å². The van der Waals surface area contributed by atoms with Crippen LogP contribution in [0.15, 0.2) is 79.8 Å². The summed E-state index contributed by atoms with van der Waals surface area (Å²) in [5, 5.41) is 10.0. The molecule has 9 nitrogen and oxygen atoms in total. The minimum Gasteiger partial charge on any atom is -0.504 e. The van der Waals surface area contributed by atoms with E-state index in [1.807, 2.05) is 0 Å². The molecule has 3 aliphatic rings. The topological polar surface area (TPSA) is 113 Å². The average molecular weight is 623 g/mol. The van der Waals surface area contributed by atoms with Crippen LogP contribution in [-0.4, -0.2) is 47.5 Å². The van der Waals surface area contributed by atoms with E-state index in [1.165, 1.54) is 28.6 Å². The molecule has 6 rings (SSSR count). The lowest BCUT2D eigenvalue weighted by Gasteiger charge is -2.54. The second-order valence-electron chi connectivity index (χ2n) is 9.72. The summed E-state index contributed by atoms with van der Waals surface area (Å²) in [6.07, 6.45) is 1.28. The van der Waals surface area contributed by atoms with Gasteiger partial charge < -0.3 is 9.84 Å². The molecule has 206 valence electrons. The van der Waals surface area contributed by atoms with Gasteiger partial charge in [-0.05, 0) is 23.8 Å². The van der Waals surface area contributed by atoms with Crippen LogP contribution in [0, 0.1) is 0 Å². The fourth-order valence-corrected chi connectivity index (χ4v) is 7.57. The first kappa shape index (κ1) is 27.0. The van der Waals surface area contributed by atoms with E-state index in [0.717, 1.165) is 4.57 Å². The molecule has 0 spiro atoms. The minimum absolute atomic E-state index is 0.0598. The maximum Gasteiger partial charge on any atom is 0.352 e. The Morgan fingerprint density at radius 1 is 0.925 bits per heavy atom. The smallest absolute Gasteiger partial charge is 0.352 e. The van der Waals surface area contributed by atoms with Gasteiger partial charge in [-0.1, -0.05) is 59.6 Å². The van der Waals surface area contributed by atoms with Gasteiger partial charge in [0, 0.05) is 17.9 Å². The molecule has 3 aromatic rings. The Labute approximate surface area is 246 Å². The quantitative estimate of drug-likeness (QED) is 0.349. The van der Waals surface area contributed by atoms with Gasteiger partial charge in [-0.3, -0.25) is 9.59 Å². The van der Waals surface area contributed by atoms with E-state index in [0.29, 0.717) is 11.3 Å². The van der Waals surface area contributed by atoms with Gasteiger partial charge in [0.15, 0.2) is 23.1 Å². The SMILES string of the molecule is COc1cccc(C2C3=CCn4c(=O)n(-c5ccccc5)c(=O)n4C3CC3(Cl)C(=O)C(Cl)=C(Cl)C(=O)C23Cl)c1O. The van der Waals surface area contributed by atoms with Gasteiger partial charge >= 0.3 is 11.4 Å². The predicted molar refractivity (Wildman–Crippen MR) is 149 cm³/mol. The zero-order valence-corrected chi connectivity index (χ0v) is 23.6. The van der Waals surface area contributed by atoms with E-state index in [4.69, 9.17) is 51.1 Å². The Kier molecular flexibility index (Phi) is 6.16. The zero-order chi connectivity index (χ0) is 28.7. The number of allylic oxidation sites excluding steroid dienone is 4. The fraction of sp³-hybridized carbons (Fsp3) is 0.259. The molecule has 0 amide bonds. The number of ether oxygens (including phenoxy) is 1. The van der Waals surface area contributed by atoms with Crippen molar-refractivity contribution >= 4 is 58.0 Å². The molecular formula is C27H19Cl4N3O6. The Morgan fingerprint density at radius 2 is 1.60 bits per heavy atom. The normalized spacial score (nSPS) is 27.6. The number of hydrogen-bond donors (Lipinski definition) is 1. The van der Waals surface area contributed by atoms with E-state index in [1.54, 1.807) is 42.5 Å². The molecule has 2 aliphatic carbocycles. The summed E-state index contributed by atoms with van der Waals surface area (Å²) < 4.78 is 8.73. The number of aromatic nitrogens is 3. The third-order valence-electron chi connectivity index (χ3n) is 7.88. The van der Waals surface area contributed by atoms with Gasteiger partial charge in [-0.2, -0.15) is 0 Å². The summed E-state index contributed by atoms with van der Waals surface area (Å²) in [6, 6.07) is 11.9. The van der Waals surface area contributed by atoms with Crippen LogP contribution >= 0.6 is 46.4 Å². The number of phenolic OH excluding ortho intramolecular Hbond substituents is 1. The number of Topliss-reactive ketones (excluding diaryl/α,β-unsaturated/α-hetero) is 2. The highest BCUT2D eigenvalue weighted by atomic mass is 35.5. The number of carbonyl (C=O) groups is 2. The maximum atomic E-state index is 13.8. The molecule has 40 heavy (non-hydrogen) atoms. The summed E-state index contributed by atoms with van der Waals surface area (Å²) in [5.74, 6) is -3.35. The molecule has 2 aromatic carbocycles. The van der Waals surface area contributed by atoms with Gasteiger partial charge in [-0.25, -0.2) is 23.5 Å². The first-order valence-corrected chi connectivity index (χ1v) is 13.6. The van der Waals surface area contributed by atoms with Crippen LogP contribution < -0.4 is 16.1 Å². The van der Waals surface area contributed by atoms with Crippen LogP contribution in [-0.2, 0) is 16.1 Å². The molecule has 1 aliphatic heterocycles. The minimum atomic E-state index is -2.25. The van der Waals surface area contributed by atoms with Gasteiger partial charge in [-0.15, -0.1) is 23.2 Å². The molecule has 0 saturated heterocycles. The molecule has 13 heteroatoms. The van der Waals surface area contributed by atoms with E-state index in [-0.39, 0.29) is 30.0 Å². The number of nitrogens with zero attached hydrogens (tertiary/aromatic N) is 3. The van der Waals surface area contributed by atoms with Crippen molar-refractivity contribution in [1.82, 2.24) is 13.9 Å². The number of hydrogen-bond acceptors (Lipinski definition) is 6. The van der Waals surface area contributed by atoms with Gasteiger partial charge in [0.25, 0.3) is 0 Å². The van der Waals surface area contributed by atoms with E-state index in [2.05, 4.69) is 0 Å². The third-order valence-corrected chi connectivity index (χ3v) is 10.1. The fourth-order valence-electron chi connectivity index (χ4n) is 6.05. The monoisotopic (exact) mass is 621 g/mol. The van der Waals surface area contributed by atoms with Crippen molar-refractivity contribution in [3.05, 3.63) is 96.8 Å². The van der Waals surface area contributed by atoms with Crippen molar-refractivity contribution < 1.29 is 19.4 Å². The third kappa shape index (κ3) is 3.29. The second-order valence-corrected chi connectivity index (χ2v) is 11.7. The van der Waals surface area contributed by atoms with Crippen LogP contribution in [0.4, 0.5) is 0 Å². The molecule has 4 atom stereocenters. The van der Waals surface area contributed by atoms with Crippen LogP contribution in [0.2, 0.25) is 0 Å². The Balaban J connectivity index is 1.66. The Morgan fingerprint density at radius 3 is 2.27 bits per heavy atom. The maximum absolute atomic E-state index is 13.8. The number of halogens is 4. The Bertz CT molecular complexity index is 1810. The molecule has 4 unspecified atom stereocenters. The second kappa shape index (κ2) is 9.14. The molecule has 1 N–H and O–H groups in total. The van der Waals surface area contributed by atoms with E-state index in [9.17, 15) is 24.3 Å². The molecule has 1 saturated carbocycles. The predicted octanol–water partition coefficient (Wildman–Crippen LogP) is 3.98. The number of ketones is 2. The molecule has 0 bridgehead atoms. The van der Waals surface area contributed by atoms with Gasteiger partial charge in [0.05, 0.1) is 25.4 Å². The lowest BCUT2D eigenvalue weighted by Crippen LogP contribution is -2.67. The number of aromatic hydroxyl groups is 1. The number of para-hydroxylation sites is 2. The first-order chi connectivity index (χ1) is 19.0. The first-order valence-electron chi connectivity index (χ1n) is 12.1. The molecule has 0 radical (unpaired) electrons. The van der Waals surface area contributed by atoms with Crippen LogP contribution in [0.3, 0.4) is 0 Å². The van der Waals surface area contributed by atoms with Gasteiger partial charge in [0.2, 0.25) is 0 Å². The summed E-state index contributed by atoms with van der Waals surface area (Å²) in [5.41, 5.74) is -0.432. The van der Waals surface area contributed by atoms with Crippen molar-refractivity contribution in [2.45, 2.75) is 34.7 Å². The highest BCUT2D eigenvalue weighted by Crippen LogP contribution is 2.64. The van der Waals surface area contributed by atoms with Crippen molar-refractivity contribution in [3.8, 4) is 17.2 Å². The highest BCUT2D eigenvalue weighted by Gasteiger charge is 2.71. The van der Waals surface area contributed by atoms with Crippen molar-refractivity contribution in [3.63, 3.8) is 0 Å². The molecule has 1 aromatic heterocycles. The van der Waals surface area contributed by atoms with Crippen LogP contribution in [0.1, 0.15) is 23.9 Å². The average Bonchev–Trinajstić information content (AvgIpc) is 3.21. The summed E-state index contributed by atoms with van der Waals surface area (Å²) >= 11 is 26.7. The van der Waals surface area contributed by atoms with Crippen molar-refractivity contribution in [2.75, 3.05) is 7.11 Å². The number of rotatable bonds is 3. The van der Waals surface area contributed by atoms with Crippen LogP contribution in [0.25, 0.3) is 5.69 Å². The lowest BCUT2D eigenvalue weighted by molar-refractivity contribution is -0.128. The number of fused-ring (bicyclic) bond motifs is 4. The van der Waals surface area contributed by atoms with Crippen LogP contribution in [0.5, 0.6) is 11.5 Å². The summed E-state index contributed by atoms with van der Waals surface area (Å²) in [7, 11) is 1.35. The number of benzene rings is 2. The number of alkyl halides is 2. The molecule has 2 heterocycles. The number of carbonyl (C=O) groups excluding carboxylic acids is 2. The highest BCUT2D eigenvalue weighted by molar-refractivity contribution is 6.66. The van der Waals surface area contributed by atoms with Crippen molar-refractivity contribution in [1.29, 1.82) is 0 Å². The van der Waals surface area contributed by atoms with E-state index >= 15 is 0 Å². The largest absolute Gasteiger partial charge is 0.504 e. The number of phenols is 1. The molecular weight excluding hydrogens is 604 g/mol.